The summed E-state index contributed by atoms with van der Waals surface area (Å²) in [6, 6.07) is 9.49. The van der Waals surface area contributed by atoms with Crippen LogP contribution in [0.2, 0.25) is 0 Å². The number of pyridine rings is 1. The second kappa shape index (κ2) is 8.30. The maximum absolute atomic E-state index is 12.5. The van der Waals surface area contributed by atoms with Gasteiger partial charge in [0.05, 0.1) is 20.1 Å². The molecule has 0 N–H and O–H groups in total. The molecule has 1 saturated heterocycles. The molecule has 1 aliphatic heterocycles. The summed E-state index contributed by atoms with van der Waals surface area (Å²) in [5.41, 5.74) is 1.87. The van der Waals surface area contributed by atoms with Crippen LogP contribution in [-0.2, 0) is 11.2 Å². The fraction of sp³-hybridized carbons (Fsp3) is 0.333. The van der Waals surface area contributed by atoms with Gasteiger partial charge >= 0.3 is 0 Å². The topological polar surface area (TPSA) is 90.6 Å². The molecule has 150 valence electrons. The van der Waals surface area contributed by atoms with Crippen molar-refractivity contribution in [2.75, 3.05) is 27.3 Å². The monoisotopic (exact) mass is 394 g/mol. The van der Waals surface area contributed by atoms with Crippen molar-refractivity contribution in [3.05, 3.63) is 54.2 Å². The van der Waals surface area contributed by atoms with Crippen molar-refractivity contribution >= 4 is 5.91 Å². The van der Waals surface area contributed by atoms with E-state index in [1.807, 2.05) is 35.2 Å². The molecule has 8 nitrogen and oxygen atoms in total. The Morgan fingerprint density at radius 2 is 2.07 bits per heavy atom. The fourth-order valence-electron chi connectivity index (χ4n) is 3.47. The predicted molar refractivity (Wildman–Crippen MR) is 105 cm³/mol. The minimum Gasteiger partial charge on any atom is -0.493 e. The second-order valence-corrected chi connectivity index (χ2v) is 6.88. The van der Waals surface area contributed by atoms with Gasteiger partial charge in [0.2, 0.25) is 17.6 Å². The molecule has 3 heterocycles. The first-order valence-electron chi connectivity index (χ1n) is 9.40. The van der Waals surface area contributed by atoms with Gasteiger partial charge in [-0.2, -0.15) is 4.98 Å². The predicted octanol–water partition coefficient (Wildman–Crippen LogP) is 2.71. The van der Waals surface area contributed by atoms with Gasteiger partial charge in [0.15, 0.2) is 11.5 Å². The van der Waals surface area contributed by atoms with Crippen molar-refractivity contribution in [1.29, 1.82) is 0 Å². The van der Waals surface area contributed by atoms with Gasteiger partial charge in [0.1, 0.15) is 0 Å². The van der Waals surface area contributed by atoms with E-state index in [1.54, 1.807) is 26.6 Å². The Labute approximate surface area is 168 Å². The molecule has 1 atom stereocenters. The van der Waals surface area contributed by atoms with E-state index in [-0.39, 0.29) is 11.8 Å². The first-order valence-corrected chi connectivity index (χ1v) is 9.40. The normalized spacial score (nSPS) is 16.3. The third-order valence-electron chi connectivity index (χ3n) is 5.04. The number of amides is 1. The van der Waals surface area contributed by atoms with Crippen LogP contribution in [0.3, 0.4) is 0 Å². The molecule has 0 spiro atoms. The van der Waals surface area contributed by atoms with Crippen LogP contribution in [0.1, 0.15) is 23.8 Å². The highest BCUT2D eigenvalue weighted by Gasteiger charge is 2.34. The maximum Gasteiger partial charge on any atom is 0.232 e. The molecule has 0 bridgehead atoms. The zero-order valence-electron chi connectivity index (χ0n) is 16.4. The van der Waals surface area contributed by atoms with Gasteiger partial charge < -0.3 is 18.9 Å². The molecule has 0 radical (unpaired) electrons. The number of hydrogen-bond acceptors (Lipinski definition) is 7. The Bertz CT molecular complexity index is 989. The van der Waals surface area contributed by atoms with Crippen molar-refractivity contribution in [1.82, 2.24) is 20.0 Å². The van der Waals surface area contributed by atoms with E-state index in [4.69, 9.17) is 14.0 Å². The zero-order valence-corrected chi connectivity index (χ0v) is 16.4. The van der Waals surface area contributed by atoms with E-state index < -0.39 is 0 Å². The lowest BCUT2D eigenvalue weighted by Crippen LogP contribution is -2.27. The lowest BCUT2D eigenvalue weighted by atomic mass is 10.1. The molecular weight excluding hydrogens is 372 g/mol. The summed E-state index contributed by atoms with van der Waals surface area (Å²) in [4.78, 5) is 22.8. The number of likely N-dealkylation sites (tertiary alicyclic amines) is 1. The minimum absolute atomic E-state index is 0.0918. The van der Waals surface area contributed by atoms with Gasteiger partial charge in [0, 0.05) is 37.5 Å². The number of carbonyl (C=O) groups is 1. The lowest BCUT2D eigenvalue weighted by molar-refractivity contribution is -0.127. The fourth-order valence-corrected chi connectivity index (χ4v) is 3.47. The number of nitrogens with zero attached hydrogens (tertiary/aromatic N) is 4. The largest absolute Gasteiger partial charge is 0.493 e. The standard InChI is InChI=1S/C21H22N4O4/c1-27-17-6-5-14(10-18(17)28-2)7-9-25-13-16(11-19(25)26)21-23-20(24-29-21)15-4-3-8-22-12-15/h3-6,8,10,12,16H,7,9,11,13H2,1-2H3. The summed E-state index contributed by atoms with van der Waals surface area (Å²) < 4.78 is 16.0. The number of carbonyl (C=O) groups excluding carboxylic acids is 1. The summed E-state index contributed by atoms with van der Waals surface area (Å²) >= 11 is 0. The number of hydrogen-bond donors (Lipinski definition) is 0. The molecule has 3 aromatic rings. The van der Waals surface area contributed by atoms with Gasteiger partial charge in [-0.3, -0.25) is 9.78 Å². The molecule has 4 rings (SSSR count). The number of ether oxygens (including phenoxy) is 2. The van der Waals surface area contributed by atoms with E-state index >= 15 is 0 Å². The van der Waals surface area contributed by atoms with Crippen LogP contribution in [0.25, 0.3) is 11.4 Å². The SMILES string of the molecule is COc1ccc(CCN2CC(c3nc(-c4cccnc4)no3)CC2=O)cc1OC. The summed E-state index contributed by atoms with van der Waals surface area (Å²) in [5.74, 6) is 2.36. The molecule has 8 heteroatoms. The van der Waals surface area contributed by atoms with Gasteiger partial charge in [-0.1, -0.05) is 11.2 Å². The molecular formula is C21H22N4O4. The van der Waals surface area contributed by atoms with Crippen LogP contribution in [0.15, 0.2) is 47.2 Å². The van der Waals surface area contributed by atoms with Gasteiger partial charge in [-0.05, 0) is 36.2 Å². The Kier molecular flexibility index (Phi) is 5.41. The first-order chi connectivity index (χ1) is 14.2. The molecule has 1 unspecified atom stereocenters. The van der Waals surface area contributed by atoms with Crippen molar-refractivity contribution < 1.29 is 18.8 Å². The average molecular weight is 394 g/mol. The number of benzene rings is 1. The Hall–Kier alpha value is -3.42. The second-order valence-electron chi connectivity index (χ2n) is 6.88. The van der Waals surface area contributed by atoms with Gasteiger partial charge in [-0.25, -0.2) is 0 Å². The van der Waals surface area contributed by atoms with Gasteiger partial charge in [-0.15, -0.1) is 0 Å². The average Bonchev–Trinajstić information content (AvgIpc) is 3.39. The van der Waals surface area contributed by atoms with E-state index in [0.717, 1.165) is 17.5 Å². The first kappa shape index (κ1) is 18.9. The molecule has 1 fully saturated rings. The lowest BCUT2D eigenvalue weighted by Gasteiger charge is -2.16. The van der Waals surface area contributed by atoms with Crippen LogP contribution < -0.4 is 9.47 Å². The highest BCUT2D eigenvalue weighted by atomic mass is 16.5. The van der Waals surface area contributed by atoms with Crippen molar-refractivity contribution in [3.8, 4) is 22.9 Å². The van der Waals surface area contributed by atoms with Crippen molar-refractivity contribution in [2.24, 2.45) is 0 Å². The molecule has 1 aromatic carbocycles. The molecule has 2 aromatic heterocycles. The third-order valence-corrected chi connectivity index (χ3v) is 5.04. The Morgan fingerprint density at radius 1 is 1.21 bits per heavy atom. The van der Waals surface area contributed by atoms with Crippen LogP contribution >= 0.6 is 0 Å². The van der Waals surface area contributed by atoms with Crippen molar-refractivity contribution in [3.63, 3.8) is 0 Å². The van der Waals surface area contributed by atoms with Crippen LogP contribution in [-0.4, -0.2) is 53.2 Å². The molecule has 0 aliphatic carbocycles. The number of rotatable bonds is 7. The summed E-state index contributed by atoms with van der Waals surface area (Å²) in [7, 11) is 3.22. The Balaban J connectivity index is 1.39. The van der Waals surface area contributed by atoms with Gasteiger partial charge in [0.25, 0.3) is 0 Å². The highest BCUT2D eigenvalue weighted by Crippen LogP contribution is 2.30. The minimum atomic E-state index is -0.0918. The van der Waals surface area contributed by atoms with Crippen LogP contribution in [0.5, 0.6) is 11.5 Å². The van der Waals surface area contributed by atoms with Crippen molar-refractivity contribution in [2.45, 2.75) is 18.8 Å². The Morgan fingerprint density at radius 3 is 2.83 bits per heavy atom. The molecule has 0 saturated carbocycles. The molecule has 1 aliphatic rings. The van der Waals surface area contributed by atoms with Crippen LogP contribution in [0, 0.1) is 0 Å². The number of aromatic nitrogens is 3. The molecule has 1 amide bonds. The van der Waals surface area contributed by atoms with E-state index in [9.17, 15) is 4.79 Å². The third kappa shape index (κ3) is 4.06. The van der Waals surface area contributed by atoms with E-state index in [0.29, 0.717) is 42.7 Å². The number of methoxy groups -OCH3 is 2. The van der Waals surface area contributed by atoms with E-state index in [1.165, 1.54) is 0 Å². The quantitative estimate of drug-likeness (QED) is 0.608. The molecule has 29 heavy (non-hydrogen) atoms. The maximum atomic E-state index is 12.5. The van der Waals surface area contributed by atoms with E-state index in [2.05, 4.69) is 15.1 Å². The highest BCUT2D eigenvalue weighted by molar-refractivity contribution is 5.79. The summed E-state index contributed by atoms with van der Waals surface area (Å²) in [5, 5.41) is 4.03. The van der Waals surface area contributed by atoms with Crippen LogP contribution in [0.4, 0.5) is 0 Å². The smallest absolute Gasteiger partial charge is 0.232 e. The summed E-state index contributed by atoms with van der Waals surface area (Å²) in [6.45, 7) is 1.19. The zero-order chi connectivity index (χ0) is 20.2. The summed E-state index contributed by atoms with van der Waals surface area (Å²) in [6.07, 6.45) is 4.48.